The maximum Gasteiger partial charge on any atom is 0.214 e. The van der Waals surface area contributed by atoms with Crippen molar-refractivity contribution in [2.75, 3.05) is 0 Å². The summed E-state index contributed by atoms with van der Waals surface area (Å²) in [6.07, 6.45) is 8.94. The second kappa shape index (κ2) is 8.89. The normalized spacial score (nSPS) is 25.0. The minimum Gasteiger partial charge on any atom is -0.389 e. The lowest BCUT2D eigenvalue weighted by molar-refractivity contribution is -0.0461. The number of sulfonamides is 1. The van der Waals surface area contributed by atoms with Crippen LogP contribution in [-0.4, -0.2) is 34.2 Å². The third-order valence-corrected chi connectivity index (χ3v) is 10.6. The summed E-state index contributed by atoms with van der Waals surface area (Å²) in [4.78, 5) is 0. The van der Waals surface area contributed by atoms with Crippen LogP contribution in [0, 0.1) is 11.2 Å². The number of nitrogens with zero attached hydrogens (tertiary/aromatic N) is 2. The van der Waals surface area contributed by atoms with Crippen molar-refractivity contribution in [3.63, 3.8) is 0 Å². The van der Waals surface area contributed by atoms with E-state index in [2.05, 4.69) is 22.8 Å². The number of benzene rings is 2. The Hall–Kier alpha value is -2.81. The molecule has 3 aliphatic carbocycles. The minimum atomic E-state index is -3.25. The van der Waals surface area contributed by atoms with Gasteiger partial charge in [0.25, 0.3) is 0 Å². The molecule has 37 heavy (non-hydrogen) atoms. The number of hydrogen-bond acceptors (Lipinski definition) is 4. The highest BCUT2D eigenvalue weighted by Crippen LogP contribution is 2.56. The highest BCUT2D eigenvalue weighted by molar-refractivity contribution is 7.90. The van der Waals surface area contributed by atoms with Gasteiger partial charge in [-0.05, 0) is 92.0 Å². The van der Waals surface area contributed by atoms with E-state index in [1.807, 2.05) is 35.1 Å². The molecular weight excluding hydrogens is 489 g/mol. The van der Waals surface area contributed by atoms with Crippen molar-refractivity contribution < 1.29 is 17.9 Å². The first-order valence-electron chi connectivity index (χ1n) is 13.0. The number of nitrogens with one attached hydrogen (secondary N) is 1. The van der Waals surface area contributed by atoms with Gasteiger partial charge in [-0.3, -0.25) is 0 Å². The molecule has 2 saturated carbocycles. The average Bonchev–Trinajstić information content (AvgIpc) is 3.63. The quantitative estimate of drug-likeness (QED) is 0.450. The fourth-order valence-electron chi connectivity index (χ4n) is 6.11. The van der Waals surface area contributed by atoms with Gasteiger partial charge in [-0.2, -0.15) is 5.10 Å². The molecule has 1 aromatic heterocycles. The summed E-state index contributed by atoms with van der Waals surface area (Å²) in [5.74, 6) is -0.279. The lowest BCUT2D eigenvalue weighted by Crippen LogP contribution is -2.45. The predicted octanol–water partition coefficient (Wildman–Crippen LogP) is 4.70. The molecule has 2 aromatic carbocycles. The van der Waals surface area contributed by atoms with Crippen molar-refractivity contribution in [2.24, 2.45) is 5.41 Å². The third-order valence-electron chi connectivity index (χ3n) is 8.71. The van der Waals surface area contributed by atoms with Crippen molar-refractivity contribution in [1.29, 1.82) is 0 Å². The average molecular weight is 522 g/mol. The second-order valence-corrected chi connectivity index (χ2v) is 13.0. The van der Waals surface area contributed by atoms with Crippen molar-refractivity contribution in [2.45, 2.75) is 69.3 Å². The van der Waals surface area contributed by atoms with Crippen LogP contribution in [0.4, 0.5) is 4.39 Å². The standard InChI is InChI=1S/C29H32FN3O3S/c1-28-17-22-18-31-33(25-8-6-24(30)7-9-25)27(22)16-23(28)13-15-29(28,34)14-12-20-4-2-3-5-21(20)19-32-37(35,36)26-10-11-26/h2-9,16,18,26,32,34H,10-15,17,19H2,1H3/t28?,29-/m0/s1. The van der Waals surface area contributed by atoms with Crippen LogP contribution in [0.2, 0.25) is 0 Å². The molecule has 0 bridgehead atoms. The molecule has 2 atom stereocenters. The van der Waals surface area contributed by atoms with Crippen LogP contribution in [0.3, 0.4) is 0 Å². The van der Waals surface area contributed by atoms with Crippen LogP contribution < -0.4 is 4.72 Å². The topological polar surface area (TPSA) is 84.2 Å². The molecule has 2 N–H and O–H groups in total. The molecule has 0 aliphatic heterocycles. The maximum atomic E-state index is 13.4. The molecule has 0 radical (unpaired) electrons. The largest absolute Gasteiger partial charge is 0.389 e. The van der Waals surface area contributed by atoms with E-state index in [0.717, 1.165) is 47.3 Å². The Morgan fingerprint density at radius 1 is 1.14 bits per heavy atom. The second-order valence-electron chi connectivity index (χ2n) is 11.0. The highest BCUT2D eigenvalue weighted by atomic mass is 32.2. The molecule has 2 fully saturated rings. The van der Waals surface area contributed by atoms with Crippen molar-refractivity contribution in [3.05, 3.63) is 88.5 Å². The van der Waals surface area contributed by atoms with Gasteiger partial charge in [0.05, 0.1) is 28.4 Å². The lowest BCUT2D eigenvalue weighted by Gasteiger charge is -2.42. The molecule has 1 heterocycles. The van der Waals surface area contributed by atoms with Gasteiger partial charge in [0.1, 0.15) is 5.82 Å². The number of fused-ring (bicyclic) bond motifs is 2. The van der Waals surface area contributed by atoms with Gasteiger partial charge in [0, 0.05) is 12.0 Å². The van der Waals surface area contributed by atoms with E-state index in [1.54, 1.807) is 12.1 Å². The first-order valence-corrected chi connectivity index (χ1v) is 14.5. The summed E-state index contributed by atoms with van der Waals surface area (Å²) < 4.78 is 42.7. The third kappa shape index (κ3) is 4.35. The number of rotatable bonds is 8. The molecule has 6 nitrogen and oxygen atoms in total. The Balaban J connectivity index is 1.21. The Morgan fingerprint density at radius 3 is 2.59 bits per heavy atom. The van der Waals surface area contributed by atoms with Crippen molar-refractivity contribution in [3.8, 4) is 5.69 Å². The number of halogens is 1. The van der Waals surface area contributed by atoms with E-state index in [9.17, 15) is 17.9 Å². The Kier molecular flexibility index (Phi) is 5.89. The number of aryl methyl sites for hydroxylation is 1. The molecule has 6 rings (SSSR count). The number of hydrogen-bond donors (Lipinski definition) is 2. The fourth-order valence-corrected chi connectivity index (χ4v) is 7.46. The zero-order valence-corrected chi connectivity index (χ0v) is 21.8. The molecule has 8 heteroatoms. The van der Waals surface area contributed by atoms with Gasteiger partial charge in [0.15, 0.2) is 0 Å². The van der Waals surface area contributed by atoms with Crippen molar-refractivity contribution >= 4 is 16.1 Å². The Labute approximate surface area is 217 Å². The van der Waals surface area contributed by atoms with E-state index < -0.39 is 21.0 Å². The maximum absolute atomic E-state index is 13.4. The zero-order valence-electron chi connectivity index (χ0n) is 21.0. The molecule has 194 valence electrons. The summed E-state index contributed by atoms with van der Waals surface area (Å²) in [6.45, 7) is 2.43. The van der Waals surface area contributed by atoms with E-state index in [0.29, 0.717) is 25.7 Å². The monoisotopic (exact) mass is 521 g/mol. The fraction of sp³-hybridized carbons (Fsp3) is 0.414. The van der Waals surface area contributed by atoms with Crippen molar-refractivity contribution in [1.82, 2.24) is 14.5 Å². The van der Waals surface area contributed by atoms with Crippen LogP contribution in [0.5, 0.6) is 0 Å². The summed E-state index contributed by atoms with van der Waals surface area (Å²) in [5.41, 5.74) is 4.84. The first-order chi connectivity index (χ1) is 17.7. The van der Waals surface area contributed by atoms with Gasteiger partial charge in [-0.15, -0.1) is 0 Å². The Bertz CT molecular complexity index is 1480. The van der Waals surface area contributed by atoms with Crippen LogP contribution in [0.25, 0.3) is 11.8 Å². The molecule has 3 aromatic rings. The summed E-state index contributed by atoms with van der Waals surface area (Å²) in [7, 11) is -3.25. The van der Waals surface area contributed by atoms with Crippen LogP contribution in [0.15, 0.2) is 60.3 Å². The molecule has 0 spiro atoms. The van der Waals surface area contributed by atoms with E-state index in [4.69, 9.17) is 0 Å². The predicted molar refractivity (Wildman–Crippen MR) is 141 cm³/mol. The van der Waals surface area contributed by atoms with Gasteiger partial charge in [-0.1, -0.05) is 36.8 Å². The molecule has 3 aliphatic rings. The zero-order chi connectivity index (χ0) is 25.8. The molecular formula is C29H32FN3O3S. The van der Waals surface area contributed by atoms with E-state index >= 15 is 0 Å². The number of aromatic nitrogens is 2. The SMILES string of the molecule is CC12Cc3cnn(-c4ccc(F)cc4)c3C=C1CC[C@@]2(O)CCc1ccccc1CNS(=O)(=O)C1CC1. The highest BCUT2D eigenvalue weighted by Gasteiger charge is 2.54. The molecule has 0 amide bonds. The number of aliphatic hydroxyl groups is 1. The van der Waals surface area contributed by atoms with Gasteiger partial charge in [-0.25, -0.2) is 22.2 Å². The first kappa shape index (κ1) is 24.5. The smallest absolute Gasteiger partial charge is 0.214 e. The van der Waals surface area contributed by atoms with Gasteiger partial charge < -0.3 is 5.11 Å². The van der Waals surface area contributed by atoms with E-state index in [1.165, 1.54) is 17.7 Å². The lowest BCUT2D eigenvalue weighted by atomic mass is 9.65. The molecule has 0 saturated heterocycles. The summed E-state index contributed by atoms with van der Waals surface area (Å²) >= 11 is 0. The summed E-state index contributed by atoms with van der Waals surface area (Å²) in [6, 6.07) is 14.2. The van der Waals surface area contributed by atoms with Crippen LogP contribution in [-0.2, 0) is 29.4 Å². The molecule has 1 unspecified atom stereocenters. The van der Waals surface area contributed by atoms with Crippen LogP contribution >= 0.6 is 0 Å². The van der Waals surface area contributed by atoms with Gasteiger partial charge in [0.2, 0.25) is 10.0 Å². The summed E-state index contributed by atoms with van der Waals surface area (Å²) in [5, 5.41) is 16.3. The van der Waals surface area contributed by atoms with E-state index in [-0.39, 0.29) is 17.6 Å². The van der Waals surface area contributed by atoms with Crippen LogP contribution in [0.1, 0.15) is 61.4 Å². The minimum absolute atomic E-state index is 0.243. The Morgan fingerprint density at radius 2 is 1.86 bits per heavy atom. The van der Waals surface area contributed by atoms with Gasteiger partial charge >= 0.3 is 0 Å².